The van der Waals surface area contributed by atoms with E-state index < -0.39 is 23.1 Å². The van der Waals surface area contributed by atoms with Crippen LogP contribution in [0.1, 0.15) is 13.3 Å². The molecule has 5 heteroatoms. The Morgan fingerprint density at radius 2 is 1.84 bits per heavy atom. The van der Waals surface area contributed by atoms with Crippen LogP contribution in [0.3, 0.4) is 0 Å². The summed E-state index contributed by atoms with van der Waals surface area (Å²) in [6, 6.07) is 0. The molecule has 19 heavy (non-hydrogen) atoms. The van der Waals surface area contributed by atoms with Crippen molar-refractivity contribution in [2.75, 3.05) is 0 Å². The molecule has 5 aliphatic carbocycles. The van der Waals surface area contributed by atoms with Gasteiger partial charge in [0.05, 0.1) is 5.60 Å². The van der Waals surface area contributed by atoms with E-state index >= 15 is 0 Å². The van der Waals surface area contributed by atoms with Crippen molar-refractivity contribution in [2.24, 2.45) is 47.3 Å². The highest BCUT2D eigenvalue weighted by Gasteiger charge is 3.00. The Morgan fingerprint density at radius 1 is 1.21 bits per heavy atom. The van der Waals surface area contributed by atoms with E-state index in [0.29, 0.717) is 23.7 Å². The zero-order chi connectivity index (χ0) is 13.1. The first-order valence-electron chi connectivity index (χ1n) is 7.19. The molecule has 0 radical (unpaired) electrons. The predicted molar refractivity (Wildman–Crippen MR) is 57.3 cm³/mol. The Kier molecular flexibility index (Phi) is 1.14. The highest BCUT2D eigenvalue weighted by molar-refractivity contribution is 5.78. The van der Waals surface area contributed by atoms with Gasteiger partial charge in [0, 0.05) is 11.8 Å². The highest BCUT2D eigenvalue weighted by atomic mass is 19.3. The number of carboxylic acid groups (broad SMARTS) is 1. The maximum atomic E-state index is 14.5. The van der Waals surface area contributed by atoms with Crippen LogP contribution in [0.5, 0.6) is 0 Å². The first kappa shape index (κ1) is 10.1. The standard InChI is InChI=1S/C14H14F2O3/c1-12-7-3-2-4-6-5(3)9(12)10(6)13(19-12,8(4)7)14(15,16)11(17)18/h3-10H,2H2,1H3,(H,17,18)/t3-,4-,5+,6+,7-,8+,9+,10+,12-,13-/m0/s1. The summed E-state index contributed by atoms with van der Waals surface area (Å²) in [5.41, 5.74) is -2.12. The monoisotopic (exact) mass is 268 g/mol. The first-order valence-corrected chi connectivity index (χ1v) is 7.19. The Hall–Kier alpha value is -0.710. The molecule has 2 saturated heterocycles. The molecular weight excluding hydrogens is 254 g/mol. The molecule has 4 bridgehead atoms. The fourth-order valence-electron chi connectivity index (χ4n) is 8.24. The summed E-state index contributed by atoms with van der Waals surface area (Å²) in [5.74, 6) is -3.94. The fraction of sp³-hybridized carbons (Fsp3) is 0.929. The summed E-state index contributed by atoms with van der Waals surface area (Å²) in [4.78, 5) is 11.1. The minimum absolute atomic E-state index is 0.188. The Morgan fingerprint density at radius 3 is 2.53 bits per heavy atom. The zero-order valence-electron chi connectivity index (χ0n) is 10.3. The largest absolute Gasteiger partial charge is 0.477 e. The summed E-state index contributed by atoms with van der Waals surface area (Å²) in [7, 11) is 0. The van der Waals surface area contributed by atoms with E-state index in [-0.39, 0.29) is 23.7 Å². The van der Waals surface area contributed by atoms with Crippen LogP contribution >= 0.6 is 0 Å². The van der Waals surface area contributed by atoms with Crippen LogP contribution in [-0.4, -0.2) is 28.2 Å². The van der Waals surface area contributed by atoms with E-state index in [4.69, 9.17) is 9.84 Å². The molecule has 3 nitrogen and oxygen atoms in total. The lowest BCUT2D eigenvalue weighted by molar-refractivity contribution is -0.227. The van der Waals surface area contributed by atoms with Crippen LogP contribution < -0.4 is 0 Å². The lowest BCUT2D eigenvalue weighted by atomic mass is 9.54. The van der Waals surface area contributed by atoms with E-state index in [1.807, 2.05) is 6.92 Å². The molecule has 1 N–H and O–H groups in total. The van der Waals surface area contributed by atoms with Crippen molar-refractivity contribution in [3.63, 3.8) is 0 Å². The van der Waals surface area contributed by atoms with Crippen LogP contribution in [-0.2, 0) is 9.53 Å². The van der Waals surface area contributed by atoms with Gasteiger partial charge in [-0.15, -0.1) is 0 Å². The normalized spacial score (nSPS) is 72.4. The highest BCUT2D eigenvalue weighted by Crippen LogP contribution is 2.94. The average molecular weight is 268 g/mol. The molecule has 0 aromatic carbocycles. The number of hydrogen-bond acceptors (Lipinski definition) is 2. The Balaban J connectivity index is 1.67. The van der Waals surface area contributed by atoms with Gasteiger partial charge in [0.2, 0.25) is 0 Å². The predicted octanol–water partition coefficient (Wildman–Crippen LogP) is 1.62. The van der Waals surface area contributed by atoms with Crippen molar-refractivity contribution in [1.82, 2.24) is 0 Å². The molecule has 0 aromatic rings. The van der Waals surface area contributed by atoms with Crippen LogP contribution in [0, 0.1) is 47.3 Å². The number of hydrogen-bond donors (Lipinski definition) is 1. The van der Waals surface area contributed by atoms with E-state index in [1.165, 1.54) is 0 Å². The second-order valence-electron chi connectivity index (χ2n) is 7.78. The van der Waals surface area contributed by atoms with E-state index in [1.54, 1.807) is 0 Å². The molecule has 102 valence electrons. The third-order valence-electron chi connectivity index (χ3n) is 7.97. The van der Waals surface area contributed by atoms with Crippen molar-refractivity contribution < 1.29 is 23.4 Å². The number of halogens is 2. The van der Waals surface area contributed by atoms with Gasteiger partial charge >= 0.3 is 11.9 Å². The quantitative estimate of drug-likeness (QED) is 0.828. The number of ether oxygens (including phenoxy) is 1. The molecule has 10 atom stereocenters. The van der Waals surface area contributed by atoms with Crippen molar-refractivity contribution >= 4 is 5.97 Å². The zero-order valence-corrected chi connectivity index (χ0v) is 10.3. The first-order chi connectivity index (χ1) is 8.87. The maximum Gasteiger partial charge on any atom is 0.377 e. The fourth-order valence-corrected chi connectivity index (χ4v) is 8.24. The van der Waals surface area contributed by atoms with E-state index in [2.05, 4.69) is 0 Å². The van der Waals surface area contributed by atoms with Crippen LogP contribution in [0.25, 0.3) is 0 Å². The number of carboxylic acids is 1. The number of aliphatic carboxylic acids is 1. The second kappa shape index (κ2) is 2.14. The van der Waals surface area contributed by atoms with E-state index in [9.17, 15) is 13.6 Å². The lowest BCUT2D eigenvalue weighted by Crippen LogP contribution is -2.61. The van der Waals surface area contributed by atoms with Crippen molar-refractivity contribution in [2.45, 2.75) is 30.5 Å². The van der Waals surface area contributed by atoms with Crippen LogP contribution in [0.4, 0.5) is 8.78 Å². The van der Waals surface area contributed by atoms with Crippen LogP contribution in [0.15, 0.2) is 0 Å². The molecule has 0 spiro atoms. The van der Waals surface area contributed by atoms with Gasteiger partial charge < -0.3 is 9.84 Å². The summed E-state index contributed by atoms with van der Waals surface area (Å²) < 4.78 is 34.9. The van der Waals surface area contributed by atoms with Gasteiger partial charge in [-0.05, 0) is 48.9 Å². The Labute approximate surface area is 108 Å². The van der Waals surface area contributed by atoms with Gasteiger partial charge in [-0.3, -0.25) is 0 Å². The van der Waals surface area contributed by atoms with Crippen molar-refractivity contribution in [1.29, 1.82) is 0 Å². The van der Waals surface area contributed by atoms with Gasteiger partial charge in [-0.2, -0.15) is 8.78 Å². The van der Waals surface area contributed by atoms with Crippen molar-refractivity contribution in [3.8, 4) is 0 Å². The van der Waals surface area contributed by atoms with Gasteiger partial charge in [-0.1, -0.05) is 0 Å². The minimum Gasteiger partial charge on any atom is -0.477 e. The molecule has 7 aliphatic rings. The lowest BCUT2D eigenvalue weighted by Gasteiger charge is -2.47. The van der Waals surface area contributed by atoms with Crippen LogP contribution in [0.2, 0.25) is 0 Å². The summed E-state index contributed by atoms with van der Waals surface area (Å²) in [6.45, 7) is 1.98. The summed E-state index contributed by atoms with van der Waals surface area (Å²) in [6.07, 6.45) is 1.05. The molecule has 2 heterocycles. The molecule has 0 aromatic heterocycles. The molecule has 7 fully saturated rings. The number of rotatable bonds is 2. The Bertz CT molecular complexity index is 577. The molecule has 5 saturated carbocycles. The smallest absolute Gasteiger partial charge is 0.377 e. The molecule has 0 unspecified atom stereocenters. The third kappa shape index (κ3) is 0.569. The number of alkyl halides is 2. The maximum absolute atomic E-state index is 14.5. The van der Waals surface area contributed by atoms with Gasteiger partial charge in [0.25, 0.3) is 0 Å². The van der Waals surface area contributed by atoms with Gasteiger partial charge in [0.1, 0.15) is 0 Å². The second-order valence-corrected chi connectivity index (χ2v) is 7.78. The number of carbonyl (C=O) groups is 1. The molecule has 7 rings (SSSR count). The van der Waals surface area contributed by atoms with Gasteiger partial charge in [0.15, 0.2) is 5.60 Å². The SMILES string of the molecule is C[C@@]12O[C@@]3(C(F)(F)C(=O)O)[C@@H]4[C@H]5C[C@@H]([C@@H]6[C@@H]5[C@@H]3[C@@H]61)[C@@H]42. The van der Waals surface area contributed by atoms with Gasteiger partial charge in [-0.25, -0.2) is 4.79 Å². The third-order valence-corrected chi connectivity index (χ3v) is 7.97. The molecule has 0 amide bonds. The average Bonchev–Trinajstić information content (AvgIpc) is 2.88. The van der Waals surface area contributed by atoms with E-state index in [0.717, 1.165) is 6.42 Å². The summed E-state index contributed by atoms with van der Waals surface area (Å²) in [5, 5.41) is 9.03. The van der Waals surface area contributed by atoms with Crippen molar-refractivity contribution in [3.05, 3.63) is 0 Å². The molecule has 2 aliphatic heterocycles. The minimum atomic E-state index is -3.73. The summed E-state index contributed by atoms with van der Waals surface area (Å²) >= 11 is 0. The topological polar surface area (TPSA) is 46.5 Å². The molecular formula is C14H14F2O3.